The molecule has 4 N–H and O–H groups in total. The van der Waals surface area contributed by atoms with Crippen LogP contribution in [-0.2, 0) is 29.2 Å². The lowest BCUT2D eigenvalue weighted by molar-refractivity contribution is -0.150. The Bertz CT molecular complexity index is 761. The highest BCUT2D eigenvalue weighted by Gasteiger charge is 2.35. The van der Waals surface area contributed by atoms with Gasteiger partial charge in [0, 0.05) is 0 Å². The molecule has 0 amide bonds. The van der Waals surface area contributed by atoms with Crippen molar-refractivity contribution in [2.45, 2.75) is 205 Å². The van der Waals surface area contributed by atoms with Crippen LogP contribution in [0.1, 0.15) is 200 Å². The van der Waals surface area contributed by atoms with E-state index in [2.05, 4.69) is 13.8 Å². The second-order valence-corrected chi connectivity index (χ2v) is 14.4. The molecule has 45 heavy (non-hydrogen) atoms. The van der Waals surface area contributed by atoms with Gasteiger partial charge in [-0.05, 0) is 12.8 Å². The van der Waals surface area contributed by atoms with Crippen molar-refractivity contribution in [2.24, 2.45) is 0 Å². The van der Waals surface area contributed by atoms with Crippen LogP contribution in [0.15, 0.2) is 0 Å². The average Bonchev–Trinajstić information content (AvgIpc) is 2.99. The standard InChI is InChI=1S/C36H70O7S.H3N/c1-3-5-7-9-11-13-15-17-19-21-23-25-27-29-31-42-35(37)33-34(44(39,40)41)36(38)43-32-30-28-26-24-22-20-18-16-14-12-10-8-6-4-2;/h34H,3-33H2,1-2H3,(H,39,40,41);1H3. The number of ether oxygens (including phenoxy) is 2. The van der Waals surface area contributed by atoms with Crippen LogP contribution < -0.4 is 6.15 Å². The van der Waals surface area contributed by atoms with E-state index in [1.165, 1.54) is 135 Å². The van der Waals surface area contributed by atoms with E-state index in [1.54, 1.807) is 0 Å². The minimum Gasteiger partial charge on any atom is -0.466 e. The molecule has 8 nitrogen and oxygen atoms in total. The maximum Gasteiger partial charge on any atom is 0.327 e. The Hall–Kier alpha value is -1.19. The van der Waals surface area contributed by atoms with E-state index < -0.39 is 33.7 Å². The predicted octanol–water partition coefficient (Wildman–Crippen LogP) is 10.8. The molecule has 9 heteroatoms. The van der Waals surface area contributed by atoms with Gasteiger partial charge in [-0.15, -0.1) is 0 Å². The Morgan fingerprint density at radius 2 is 0.756 bits per heavy atom. The molecule has 270 valence electrons. The SMILES string of the molecule is CCCCCCCCCCCCCCCCOC(=O)CC(C(=O)OCCCCCCCCCCCCCCCC)S(=O)(=O)O.N. The summed E-state index contributed by atoms with van der Waals surface area (Å²) in [4.78, 5) is 24.4. The highest BCUT2D eigenvalue weighted by Crippen LogP contribution is 2.15. The summed E-state index contributed by atoms with van der Waals surface area (Å²) >= 11 is 0. The van der Waals surface area contributed by atoms with Crippen LogP contribution in [0, 0.1) is 0 Å². The lowest BCUT2D eigenvalue weighted by atomic mass is 10.0. The smallest absolute Gasteiger partial charge is 0.327 e. The van der Waals surface area contributed by atoms with Crippen LogP contribution in [-0.4, -0.2) is 43.4 Å². The highest BCUT2D eigenvalue weighted by atomic mass is 32.2. The normalized spacial score (nSPS) is 12.1. The van der Waals surface area contributed by atoms with Crippen LogP contribution in [0.4, 0.5) is 0 Å². The number of hydrogen-bond donors (Lipinski definition) is 2. The molecule has 0 fully saturated rings. The lowest BCUT2D eigenvalue weighted by Crippen LogP contribution is -2.34. The van der Waals surface area contributed by atoms with Gasteiger partial charge in [0.1, 0.15) is 0 Å². The minimum atomic E-state index is -4.77. The molecule has 0 bridgehead atoms. The molecule has 0 saturated heterocycles. The molecule has 1 atom stereocenters. The van der Waals surface area contributed by atoms with Gasteiger partial charge in [-0.25, -0.2) is 0 Å². The summed E-state index contributed by atoms with van der Waals surface area (Å²) in [6.45, 7) is 4.76. The molecule has 0 aliphatic carbocycles. The Kier molecular flexibility index (Phi) is 34.9. The number of carbonyl (C=O) groups is 2. The van der Waals surface area contributed by atoms with Gasteiger partial charge in [0.25, 0.3) is 10.1 Å². The average molecular weight is 664 g/mol. The number of rotatable bonds is 34. The van der Waals surface area contributed by atoms with E-state index >= 15 is 0 Å². The van der Waals surface area contributed by atoms with E-state index in [0.717, 1.165) is 32.1 Å². The van der Waals surface area contributed by atoms with Gasteiger partial charge in [-0.2, -0.15) is 8.42 Å². The summed E-state index contributed by atoms with van der Waals surface area (Å²) in [5.74, 6) is -1.90. The zero-order valence-corrected chi connectivity index (χ0v) is 30.3. The molecule has 0 radical (unpaired) electrons. The highest BCUT2D eigenvalue weighted by molar-refractivity contribution is 7.87. The van der Waals surface area contributed by atoms with Crippen LogP contribution in [0.25, 0.3) is 0 Å². The fourth-order valence-electron chi connectivity index (χ4n) is 5.57. The lowest BCUT2D eigenvalue weighted by Gasteiger charge is -2.13. The van der Waals surface area contributed by atoms with Crippen molar-refractivity contribution in [3.05, 3.63) is 0 Å². The topological polar surface area (TPSA) is 142 Å². The summed E-state index contributed by atoms with van der Waals surface area (Å²) in [7, 11) is -4.77. The summed E-state index contributed by atoms with van der Waals surface area (Å²) < 4.78 is 43.2. The fraction of sp³-hybridized carbons (Fsp3) is 0.944. The summed E-state index contributed by atoms with van der Waals surface area (Å²) in [6.07, 6.45) is 33.3. The maximum absolute atomic E-state index is 12.3. The second-order valence-electron chi connectivity index (χ2n) is 12.8. The van der Waals surface area contributed by atoms with Gasteiger partial charge >= 0.3 is 11.9 Å². The van der Waals surface area contributed by atoms with E-state index in [0.29, 0.717) is 12.8 Å². The summed E-state index contributed by atoms with van der Waals surface area (Å²) in [5, 5.41) is -1.93. The van der Waals surface area contributed by atoms with Gasteiger partial charge in [-0.1, -0.05) is 181 Å². The first kappa shape index (κ1) is 45.9. The molecular formula is C36H73NO7S. The van der Waals surface area contributed by atoms with Crippen molar-refractivity contribution in [1.29, 1.82) is 0 Å². The molecule has 0 aliphatic rings. The first-order valence-electron chi connectivity index (χ1n) is 18.6. The van der Waals surface area contributed by atoms with Crippen LogP contribution in [0.2, 0.25) is 0 Å². The van der Waals surface area contributed by atoms with Crippen molar-refractivity contribution >= 4 is 22.1 Å². The van der Waals surface area contributed by atoms with E-state index in [-0.39, 0.29) is 19.4 Å². The summed E-state index contributed by atoms with van der Waals surface area (Å²) in [5.41, 5.74) is 0. The number of hydrogen-bond acceptors (Lipinski definition) is 7. The molecule has 1 unspecified atom stereocenters. The quantitative estimate of drug-likeness (QED) is 0.0393. The Morgan fingerprint density at radius 1 is 0.489 bits per heavy atom. The third-order valence-electron chi connectivity index (χ3n) is 8.48. The van der Waals surface area contributed by atoms with Crippen LogP contribution in [0.5, 0.6) is 0 Å². The molecule has 0 aromatic rings. The molecule has 0 spiro atoms. The second kappa shape index (κ2) is 34.2. The number of esters is 2. The summed E-state index contributed by atoms with van der Waals surface area (Å²) in [6, 6.07) is 0. The first-order chi connectivity index (χ1) is 21.3. The van der Waals surface area contributed by atoms with Crippen molar-refractivity contribution in [3.63, 3.8) is 0 Å². The van der Waals surface area contributed by atoms with E-state index in [1.807, 2.05) is 0 Å². The third kappa shape index (κ3) is 32.5. The van der Waals surface area contributed by atoms with Crippen molar-refractivity contribution in [1.82, 2.24) is 6.15 Å². The van der Waals surface area contributed by atoms with Gasteiger partial charge in [-0.3, -0.25) is 14.1 Å². The molecule has 0 saturated carbocycles. The molecule has 0 heterocycles. The van der Waals surface area contributed by atoms with E-state index in [4.69, 9.17) is 9.47 Å². The van der Waals surface area contributed by atoms with Gasteiger partial charge < -0.3 is 15.6 Å². The molecule has 0 aromatic carbocycles. The minimum absolute atomic E-state index is 0. The Balaban J connectivity index is 0. The van der Waals surface area contributed by atoms with Crippen LogP contribution in [0.3, 0.4) is 0 Å². The zero-order valence-electron chi connectivity index (χ0n) is 29.5. The third-order valence-corrected chi connectivity index (χ3v) is 9.56. The number of unbranched alkanes of at least 4 members (excludes halogenated alkanes) is 26. The van der Waals surface area contributed by atoms with E-state index in [9.17, 15) is 22.6 Å². The molecule has 0 aliphatic heterocycles. The molecule has 0 aromatic heterocycles. The molecule has 0 rings (SSSR count). The monoisotopic (exact) mass is 664 g/mol. The first-order valence-corrected chi connectivity index (χ1v) is 20.1. The number of carbonyl (C=O) groups excluding carboxylic acids is 2. The zero-order chi connectivity index (χ0) is 32.6. The Labute approximate surface area is 278 Å². The van der Waals surface area contributed by atoms with Crippen molar-refractivity contribution < 1.29 is 32.0 Å². The van der Waals surface area contributed by atoms with Crippen molar-refractivity contribution in [2.75, 3.05) is 13.2 Å². The molecular weight excluding hydrogens is 590 g/mol. The van der Waals surface area contributed by atoms with Gasteiger partial charge in [0.2, 0.25) is 0 Å². The van der Waals surface area contributed by atoms with Crippen LogP contribution >= 0.6 is 0 Å². The fourth-order valence-corrected chi connectivity index (χ4v) is 6.22. The Morgan fingerprint density at radius 3 is 1.04 bits per heavy atom. The van der Waals surface area contributed by atoms with Crippen molar-refractivity contribution in [3.8, 4) is 0 Å². The maximum atomic E-state index is 12.3. The van der Waals surface area contributed by atoms with Gasteiger partial charge in [0.15, 0.2) is 5.25 Å². The van der Waals surface area contributed by atoms with Gasteiger partial charge in [0.05, 0.1) is 19.6 Å². The largest absolute Gasteiger partial charge is 0.466 e. The predicted molar refractivity (Wildman–Crippen MR) is 188 cm³/mol.